The lowest BCUT2D eigenvalue weighted by atomic mass is 9.98. The summed E-state index contributed by atoms with van der Waals surface area (Å²) >= 11 is 0. The van der Waals surface area contributed by atoms with Gasteiger partial charge in [-0.15, -0.1) is 0 Å². The first kappa shape index (κ1) is 30.5. The van der Waals surface area contributed by atoms with Crippen molar-refractivity contribution in [3.63, 3.8) is 0 Å². The zero-order chi connectivity index (χ0) is 30.7. The standard InChI is InChI=1S/C31H21F9O2/c1-2-3-18-4-13-24(25(32)14-18)21-7-5-19(6-8-21)20-9-11-22(12-10-20)31(39,40)41-23-15-26(33)29(27(34)16-23)42-30(37,38)17-28(35)36/h4-17H,2-3H2,1H3. The van der Waals surface area contributed by atoms with Crippen LogP contribution >= 0.6 is 0 Å². The molecule has 0 saturated carbocycles. The Balaban J connectivity index is 1.48. The Morgan fingerprint density at radius 3 is 1.76 bits per heavy atom. The van der Waals surface area contributed by atoms with Crippen molar-refractivity contribution in [2.75, 3.05) is 0 Å². The molecule has 0 fully saturated rings. The first-order chi connectivity index (χ1) is 19.8. The number of rotatable bonds is 10. The van der Waals surface area contributed by atoms with E-state index in [4.69, 9.17) is 0 Å². The van der Waals surface area contributed by atoms with Gasteiger partial charge >= 0.3 is 12.2 Å². The highest BCUT2D eigenvalue weighted by Gasteiger charge is 2.37. The second kappa shape index (κ2) is 12.2. The zero-order valence-electron chi connectivity index (χ0n) is 21.7. The fourth-order valence-corrected chi connectivity index (χ4v) is 4.13. The maximum absolute atomic E-state index is 14.8. The fourth-order valence-electron chi connectivity index (χ4n) is 4.13. The summed E-state index contributed by atoms with van der Waals surface area (Å²) in [4.78, 5) is 0. The second-order valence-electron chi connectivity index (χ2n) is 9.15. The molecule has 0 amide bonds. The van der Waals surface area contributed by atoms with Gasteiger partial charge in [0.1, 0.15) is 11.6 Å². The van der Waals surface area contributed by atoms with E-state index in [9.17, 15) is 39.5 Å². The number of ether oxygens (including phenoxy) is 2. The van der Waals surface area contributed by atoms with Crippen LogP contribution in [0.25, 0.3) is 22.3 Å². The van der Waals surface area contributed by atoms with E-state index in [-0.39, 0.29) is 17.9 Å². The normalized spacial score (nSPS) is 11.8. The van der Waals surface area contributed by atoms with Crippen molar-refractivity contribution in [3.8, 4) is 33.8 Å². The van der Waals surface area contributed by atoms with Crippen molar-refractivity contribution >= 4 is 0 Å². The van der Waals surface area contributed by atoms with E-state index in [0.717, 1.165) is 30.5 Å². The van der Waals surface area contributed by atoms with Crippen LogP contribution in [0.1, 0.15) is 24.5 Å². The molecule has 42 heavy (non-hydrogen) atoms. The van der Waals surface area contributed by atoms with E-state index in [1.807, 2.05) is 13.0 Å². The highest BCUT2D eigenvalue weighted by Crippen LogP contribution is 2.37. The van der Waals surface area contributed by atoms with E-state index in [1.54, 1.807) is 30.3 Å². The third kappa shape index (κ3) is 7.26. The minimum atomic E-state index is -4.77. The molecule has 0 N–H and O–H groups in total. The van der Waals surface area contributed by atoms with Crippen LogP contribution in [0, 0.1) is 17.5 Å². The molecule has 220 valence electrons. The number of benzene rings is 4. The highest BCUT2D eigenvalue weighted by molar-refractivity contribution is 5.71. The van der Waals surface area contributed by atoms with Crippen molar-refractivity contribution in [2.45, 2.75) is 32.0 Å². The molecular weight excluding hydrogens is 575 g/mol. The van der Waals surface area contributed by atoms with Gasteiger partial charge in [-0.3, -0.25) is 0 Å². The van der Waals surface area contributed by atoms with Gasteiger partial charge in [0.2, 0.25) is 0 Å². The molecule has 0 aromatic heterocycles. The number of hydrogen-bond acceptors (Lipinski definition) is 2. The predicted molar refractivity (Wildman–Crippen MR) is 138 cm³/mol. The zero-order valence-corrected chi connectivity index (χ0v) is 21.7. The Hall–Kier alpha value is -4.41. The molecule has 4 rings (SSSR count). The Labute approximate surface area is 234 Å². The summed E-state index contributed by atoms with van der Waals surface area (Å²) in [6.45, 7) is 2.00. The van der Waals surface area contributed by atoms with Gasteiger partial charge in [0.05, 0.1) is 11.6 Å². The van der Waals surface area contributed by atoms with Crippen LogP contribution in [0.5, 0.6) is 11.5 Å². The average Bonchev–Trinajstić information content (AvgIpc) is 2.90. The van der Waals surface area contributed by atoms with Gasteiger partial charge in [-0.05, 0) is 46.9 Å². The van der Waals surface area contributed by atoms with Crippen LogP contribution < -0.4 is 9.47 Å². The molecule has 11 heteroatoms. The lowest BCUT2D eigenvalue weighted by Crippen LogP contribution is -2.24. The number of halogens is 9. The summed E-state index contributed by atoms with van der Waals surface area (Å²) in [7, 11) is 0. The van der Waals surface area contributed by atoms with Gasteiger partial charge in [-0.1, -0.05) is 61.9 Å². The molecule has 2 nitrogen and oxygen atoms in total. The second-order valence-corrected chi connectivity index (χ2v) is 9.15. The Kier molecular flexibility index (Phi) is 8.89. The maximum Gasteiger partial charge on any atom is 0.426 e. The highest BCUT2D eigenvalue weighted by atomic mass is 19.3. The van der Waals surface area contributed by atoms with Crippen molar-refractivity contribution in [1.29, 1.82) is 0 Å². The molecule has 0 aliphatic rings. The number of aryl methyl sites for hydroxylation is 1. The van der Waals surface area contributed by atoms with Gasteiger partial charge < -0.3 is 9.47 Å². The molecule has 4 aromatic carbocycles. The maximum atomic E-state index is 14.8. The molecule has 0 radical (unpaired) electrons. The number of alkyl halides is 4. The van der Waals surface area contributed by atoms with E-state index < -0.39 is 53.1 Å². The summed E-state index contributed by atoms with van der Waals surface area (Å²) in [6.07, 6.45) is -11.1. The largest absolute Gasteiger partial charge is 0.429 e. The van der Waals surface area contributed by atoms with Crippen LogP contribution in [0.4, 0.5) is 39.5 Å². The van der Waals surface area contributed by atoms with Crippen LogP contribution in [-0.2, 0) is 12.5 Å². The van der Waals surface area contributed by atoms with Crippen LogP contribution in [0.2, 0.25) is 0 Å². The predicted octanol–water partition coefficient (Wildman–Crippen LogP) is 10.3. The van der Waals surface area contributed by atoms with Crippen LogP contribution in [0.15, 0.2) is 91.0 Å². The summed E-state index contributed by atoms with van der Waals surface area (Å²) in [5.74, 6) is -6.97. The first-order valence-corrected chi connectivity index (χ1v) is 12.4. The topological polar surface area (TPSA) is 18.5 Å². The lowest BCUT2D eigenvalue weighted by molar-refractivity contribution is -0.185. The third-order valence-corrected chi connectivity index (χ3v) is 6.06. The summed E-state index contributed by atoms with van der Waals surface area (Å²) in [5, 5.41) is 0. The SMILES string of the molecule is CCCc1ccc(-c2ccc(-c3ccc(C(F)(F)Oc4cc(F)c(OC(F)(F)C=C(F)F)c(F)c4)cc3)cc2)c(F)c1. The third-order valence-electron chi connectivity index (χ3n) is 6.06. The van der Waals surface area contributed by atoms with Gasteiger partial charge in [0.25, 0.3) is 6.08 Å². The lowest BCUT2D eigenvalue weighted by Gasteiger charge is -2.20. The Morgan fingerprint density at radius 1 is 0.690 bits per heavy atom. The van der Waals surface area contributed by atoms with Gasteiger partial charge in [-0.25, -0.2) is 13.2 Å². The summed E-state index contributed by atoms with van der Waals surface area (Å²) < 4.78 is 131. The van der Waals surface area contributed by atoms with E-state index in [1.165, 1.54) is 18.2 Å². The van der Waals surface area contributed by atoms with Crippen molar-refractivity contribution in [3.05, 3.63) is 120 Å². The summed E-state index contributed by atoms with van der Waals surface area (Å²) in [5.41, 5.74) is 2.40. The molecule has 0 aliphatic carbocycles. The molecule has 0 aliphatic heterocycles. The minimum Gasteiger partial charge on any atom is -0.429 e. The Bertz CT molecular complexity index is 1550. The molecule has 0 atom stereocenters. The monoisotopic (exact) mass is 596 g/mol. The Morgan fingerprint density at radius 2 is 1.24 bits per heavy atom. The molecule has 0 saturated heterocycles. The van der Waals surface area contributed by atoms with Gasteiger partial charge in [0.15, 0.2) is 17.4 Å². The molecule has 0 heterocycles. The minimum absolute atomic E-state index is 0.147. The molecule has 0 spiro atoms. The smallest absolute Gasteiger partial charge is 0.426 e. The van der Waals surface area contributed by atoms with E-state index in [2.05, 4.69) is 9.47 Å². The fraction of sp³-hybridized carbons (Fsp3) is 0.161. The quantitative estimate of drug-likeness (QED) is 0.170. The van der Waals surface area contributed by atoms with E-state index in [0.29, 0.717) is 22.3 Å². The molecule has 0 unspecified atom stereocenters. The van der Waals surface area contributed by atoms with Crippen LogP contribution in [-0.4, -0.2) is 6.11 Å². The molecular formula is C31H21F9O2. The molecule has 4 aromatic rings. The van der Waals surface area contributed by atoms with Gasteiger partial charge in [0, 0.05) is 17.7 Å². The average molecular weight is 596 g/mol. The molecule has 0 bridgehead atoms. The van der Waals surface area contributed by atoms with Crippen molar-refractivity contribution in [2.24, 2.45) is 0 Å². The first-order valence-electron chi connectivity index (χ1n) is 12.4. The summed E-state index contributed by atoms with van der Waals surface area (Å²) in [6, 6.07) is 16.8. The van der Waals surface area contributed by atoms with E-state index >= 15 is 0 Å². The van der Waals surface area contributed by atoms with Crippen molar-refractivity contribution < 1.29 is 49.0 Å². The number of hydrogen-bond donors (Lipinski definition) is 0. The van der Waals surface area contributed by atoms with Gasteiger partial charge in [-0.2, -0.15) is 26.3 Å². The van der Waals surface area contributed by atoms with Crippen molar-refractivity contribution in [1.82, 2.24) is 0 Å². The van der Waals surface area contributed by atoms with Crippen LogP contribution in [0.3, 0.4) is 0 Å².